The third-order valence-electron chi connectivity index (χ3n) is 3.81. The van der Waals surface area contributed by atoms with Crippen LogP contribution in [-0.4, -0.2) is 23.5 Å². The van der Waals surface area contributed by atoms with Gasteiger partial charge in [-0.2, -0.15) is 5.26 Å². The molecule has 0 aromatic carbocycles. The lowest BCUT2D eigenvalue weighted by molar-refractivity contribution is 0.189. The van der Waals surface area contributed by atoms with Crippen LogP contribution in [0, 0.1) is 23.2 Å². The molecule has 2 rings (SSSR count). The molecule has 0 radical (unpaired) electrons. The Morgan fingerprint density at radius 1 is 1.33 bits per heavy atom. The predicted molar refractivity (Wildman–Crippen MR) is 61.3 cm³/mol. The second-order valence-corrected chi connectivity index (χ2v) is 5.58. The van der Waals surface area contributed by atoms with Crippen molar-refractivity contribution in [3.05, 3.63) is 0 Å². The quantitative estimate of drug-likeness (QED) is 0.707. The molecule has 2 nitrogen and oxygen atoms in total. The Kier molecular flexibility index (Phi) is 3.31. The van der Waals surface area contributed by atoms with Crippen LogP contribution in [0.4, 0.5) is 0 Å². The van der Waals surface area contributed by atoms with E-state index in [-0.39, 0.29) is 0 Å². The van der Waals surface area contributed by atoms with Crippen LogP contribution < -0.4 is 0 Å². The Balaban J connectivity index is 1.98. The van der Waals surface area contributed by atoms with E-state index >= 15 is 0 Å². The number of hydrogen-bond acceptors (Lipinski definition) is 2. The van der Waals surface area contributed by atoms with E-state index in [9.17, 15) is 0 Å². The molecule has 0 amide bonds. The highest BCUT2D eigenvalue weighted by Crippen LogP contribution is 2.39. The summed E-state index contributed by atoms with van der Waals surface area (Å²) in [5.41, 5.74) is 0. The van der Waals surface area contributed by atoms with Crippen molar-refractivity contribution < 1.29 is 0 Å². The largest absolute Gasteiger partial charge is 0.297 e. The van der Waals surface area contributed by atoms with Crippen molar-refractivity contribution >= 4 is 0 Å². The van der Waals surface area contributed by atoms with Crippen molar-refractivity contribution in [2.24, 2.45) is 11.8 Å². The molecule has 1 aliphatic carbocycles. The number of nitriles is 1. The van der Waals surface area contributed by atoms with E-state index in [0.29, 0.717) is 12.0 Å². The summed E-state index contributed by atoms with van der Waals surface area (Å²) in [6, 6.07) is 3.94. The summed E-state index contributed by atoms with van der Waals surface area (Å²) < 4.78 is 0. The molecule has 2 atom stereocenters. The molecule has 2 aliphatic rings. The van der Waals surface area contributed by atoms with Crippen LogP contribution >= 0.6 is 0 Å². The molecule has 1 aliphatic heterocycles. The average molecular weight is 206 g/mol. The van der Waals surface area contributed by atoms with Crippen LogP contribution in [0.3, 0.4) is 0 Å². The number of rotatable bonds is 4. The van der Waals surface area contributed by atoms with Gasteiger partial charge < -0.3 is 0 Å². The second kappa shape index (κ2) is 4.53. The molecule has 15 heavy (non-hydrogen) atoms. The first kappa shape index (κ1) is 11.0. The summed E-state index contributed by atoms with van der Waals surface area (Å²) in [7, 11) is 0. The second-order valence-electron chi connectivity index (χ2n) is 5.58. The average Bonchev–Trinajstić information content (AvgIpc) is 2.93. The summed E-state index contributed by atoms with van der Waals surface area (Å²) in [5.74, 6) is 1.41. The minimum Gasteiger partial charge on any atom is -0.297 e. The van der Waals surface area contributed by atoms with Crippen molar-refractivity contribution in [3.63, 3.8) is 0 Å². The highest BCUT2D eigenvalue weighted by molar-refractivity contribution is 4.98. The van der Waals surface area contributed by atoms with Gasteiger partial charge in [-0.15, -0.1) is 0 Å². The van der Waals surface area contributed by atoms with E-state index in [4.69, 9.17) is 5.26 Å². The molecule has 2 unspecified atom stereocenters. The summed E-state index contributed by atoms with van der Waals surface area (Å²) in [6.45, 7) is 5.84. The van der Waals surface area contributed by atoms with Gasteiger partial charge in [-0.05, 0) is 44.1 Å². The van der Waals surface area contributed by atoms with Gasteiger partial charge in [0.25, 0.3) is 0 Å². The standard InChI is InChI=1S/C13H22N2/c1-10(2)9-13-11(5-7-14)6-8-15(13)12-3-4-12/h10-13H,3-6,8-9H2,1-2H3. The SMILES string of the molecule is CC(C)CC1C(CC#N)CCN1C1CC1. The minimum atomic E-state index is 0.651. The number of hydrogen-bond donors (Lipinski definition) is 0. The molecule has 0 aromatic heterocycles. The molecule has 2 heteroatoms. The van der Waals surface area contributed by atoms with Crippen LogP contribution in [0.15, 0.2) is 0 Å². The third-order valence-corrected chi connectivity index (χ3v) is 3.81. The predicted octanol–water partition coefficient (Wildman–Crippen LogP) is 2.80. The van der Waals surface area contributed by atoms with Crippen LogP contribution in [0.2, 0.25) is 0 Å². The molecular weight excluding hydrogens is 184 g/mol. The highest BCUT2D eigenvalue weighted by Gasteiger charge is 2.41. The highest BCUT2D eigenvalue weighted by atomic mass is 15.2. The van der Waals surface area contributed by atoms with Gasteiger partial charge in [0.05, 0.1) is 6.07 Å². The Morgan fingerprint density at radius 3 is 2.60 bits per heavy atom. The van der Waals surface area contributed by atoms with Crippen molar-refractivity contribution in [1.82, 2.24) is 4.90 Å². The Labute approximate surface area is 93.3 Å². The Bertz CT molecular complexity index is 250. The normalized spacial score (nSPS) is 32.1. The van der Waals surface area contributed by atoms with E-state index in [1.807, 2.05) is 0 Å². The lowest BCUT2D eigenvalue weighted by Gasteiger charge is -2.28. The zero-order valence-corrected chi connectivity index (χ0v) is 9.95. The Morgan fingerprint density at radius 2 is 2.07 bits per heavy atom. The van der Waals surface area contributed by atoms with Gasteiger partial charge in [0.15, 0.2) is 0 Å². The smallest absolute Gasteiger partial charge is 0.0625 e. The van der Waals surface area contributed by atoms with Crippen molar-refractivity contribution in [2.45, 2.75) is 58.0 Å². The Hall–Kier alpha value is -0.550. The monoisotopic (exact) mass is 206 g/mol. The zero-order chi connectivity index (χ0) is 10.8. The summed E-state index contributed by atoms with van der Waals surface area (Å²) in [6.07, 6.45) is 6.09. The van der Waals surface area contributed by atoms with Crippen molar-refractivity contribution in [1.29, 1.82) is 5.26 Å². The van der Waals surface area contributed by atoms with Gasteiger partial charge in [-0.3, -0.25) is 4.90 Å². The minimum absolute atomic E-state index is 0.651. The first-order valence-electron chi connectivity index (χ1n) is 6.35. The fourth-order valence-corrected chi connectivity index (χ4v) is 2.97. The molecule has 0 spiro atoms. The molecule has 1 saturated heterocycles. The maximum Gasteiger partial charge on any atom is 0.0625 e. The van der Waals surface area contributed by atoms with Gasteiger partial charge in [0, 0.05) is 18.5 Å². The summed E-state index contributed by atoms with van der Waals surface area (Å²) in [5, 5.41) is 8.85. The van der Waals surface area contributed by atoms with Crippen LogP contribution in [-0.2, 0) is 0 Å². The number of likely N-dealkylation sites (tertiary alicyclic amines) is 1. The van der Waals surface area contributed by atoms with E-state index in [1.165, 1.54) is 32.2 Å². The third kappa shape index (κ3) is 2.52. The first-order chi connectivity index (χ1) is 7.22. The van der Waals surface area contributed by atoms with Crippen molar-refractivity contribution in [3.8, 4) is 6.07 Å². The van der Waals surface area contributed by atoms with Crippen LogP contribution in [0.1, 0.15) is 46.0 Å². The molecular formula is C13H22N2. The van der Waals surface area contributed by atoms with E-state index in [1.54, 1.807) is 0 Å². The molecule has 0 bridgehead atoms. The van der Waals surface area contributed by atoms with E-state index in [2.05, 4.69) is 24.8 Å². The maximum absolute atomic E-state index is 8.85. The van der Waals surface area contributed by atoms with Crippen molar-refractivity contribution in [2.75, 3.05) is 6.54 Å². The maximum atomic E-state index is 8.85. The topological polar surface area (TPSA) is 27.0 Å². The molecule has 0 aromatic rings. The molecule has 1 heterocycles. The van der Waals surface area contributed by atoms with Gasteiger partial charge in [0.2, 0.25) is 0 Å². The van der Waals surface area contributed by atoms with Gasteiger partial charge in [-0.1, -0.05) is 13.8 Å². The zero-order valence-electron chi connectivity index (χ0n) is 9.95. The van der Waals surface area contributed by atoms with Gasteiger partial charge in [0.1, 0.15) is 0 Å². The fourth-order valence-electron chi connectivity index (χ4n) is 2.97. The van der Waals surface area contributed by atoms with Crippen LogP contribution in [0.25, 0.3) is 0 Å². The van der Waals surface area contributed by atoms with Crippen LogP contribution in [0.5, 0.6) is 0 Å². The van der Waals surface area contributed by atoms with Gasteiger partial charge >= 0.3 is 0 Å². The first-order valence-corrected chi connectivity index (χ1v) is 6.35. The lowest BCUT2D eigenvalue weighted by atomic mass is 9.90. The summed E-state index contributed by atoms with van der Waals surface area (Å²) in [4.78, 5) is 2.70. The fraction of sp³-hybridized carbons (Fsp3) is 0.923. The lowest BCUT2D eigenvalue weighted by Crippen LogP contribution is -2.35. The molecule has 1 saturated carbocycles. The molecule has 84 valence electrons. The summed E-state index contributed by atoms with van der Waals surface area (Å²) >= 11 is 0. The van der Waals surface area contributed by atoms with E-state index < -0.39 is 0 Å². The molecule has 2 fully saturated rings. The van der Waals surface area contributed by atoms with Gasteiger partial charge in [-0.25, -0.2) is 0 Å². The number of nitrogens with zero attached hydrogens (tertiary/aromatic N) is 2. The van der Waals surface area contributed by atoms with E-state index in [0.717, 1.165) is 18.4 Å². The molecule has 0 N–H and O–H groups in total.